The lowest BCUT2D eigenvalue weighted by Crippen LogP contribution is -2.12. The smallest absolute Gasteiger partial charge is 0.224 e. The molecule has 0 bridgehead atoms. The Labute approximate surface area is 140 Å². The SMILES string of the molecule is COc1ccccc1CCC(=O)Nc1ccc(-c2ncc[nH]2)cc1. The van der Waals surface area contributed by atoms with Gasteiger partial charge in [-0.25, -0.2) is 4.98 Å². The number of aryl methyl sites for hydroxylation is 1. The largest absolute Gasteiger partial charge is 0.496 e. The van der Waals surface area contributed by atoms with Crippen LogP contribution < -0.4 is 10.1 Å². The number of para-hydroxylation sites is 1. The number of benzene rings is 2. The minimum atomic E-state index is -0.0216. The molecular weight excluding hydrogens is 302 g/mol. The average Bonchev–Trinajstić information content (AvgIpc) is 3.15. The second-order valence-electron chi connectivity index (χ2n) is 5.38. The van der Waals surface area contributed by atoms with Crippen LogP contribution in [-0.2, 0) is 11.2 Å². The van der Waals surface area contributed by atoms with Crippen LogP contribution in [0.5, 0.6) is 5.75 Å². The van der Waals surface area contributed by atoms with Gasteiger partial charge in [0.05, 0.1) is 7.11 Å². The van der Waals surface area contributed by atoms with Crippen molar-refractivity contribution in [3.05, 3.63) is 66.5 Å². The zero-order valence-electron chi connectivity index (χ0n) is 13.5. The Balaban J connectivity index is 1.57. The van der Waals surface area contributed by atoms with Crippen molar-refractivity contribution < 1.29 is 9.53 Å². The molecule has 3 rings (SSSR count). The summed E-state index contributed by atoms with van der Waals surface area (Å²) < 4.78 is 5.30. The number of hydrogen-bond donors (Lipinski definition) is 2. The summed E-state index contributed by atoms with van der Waals surface area (Å²) in [7, 11) is 1.64. The fourth-order valence-electron chi connectivity index (χ4n) is 2.52. The van der Waals surface area contributed by atoms with E-state index >= 15 is 0 Å². The molecule has 2 N–H and O–H groups in total. The Morgan fingerprint density at radius 2 is 1.96 bits per heavy atom. The fraction of sp³-hybridized carbons (Fsp3) is 0.158. The van der Waals surface area contributed by atoms with Crippen LogP contribution in [-0.4, -0.2) is 23.0 Å². The van der Waals surface area contributed by atoms with Crippen molar-refractivity contribution in [1.29, 1.82) is 0 Å². The molecule has 5 nitrogen and oxygen atoms in total. The van der Waals surface area contributed by atoms with Gasteiger partial charge in [0.2, 0.25) is 5.91 Å². The number of methoxy groups -OCH3 is 1. The first-order valence-corrected chi connectivity index (χ1v) is 7.78. The molecule has 0 aliphatic heterocycles. The van der Waals surface area contributed by atoms with Gasteiger partial charge >= 0.3 is 0 Å². The van der Waals surface area contributed by atoms with Crippen LogP contribution in [0.25, 0.3) is 11.4 Å². The van der Waals surface area contributed by atoms with Crippen LogP contribution in [0, 0.1) is 0 Å². The lowest BCUT2D eigenvalue weighted by molar-refractivity contribution is -0.116. The quantitative estimate of drug-likeness (QED) is 0.728. The minimum absolute atomic E-state index is 0.0216. The lowest BCUT2D eigenvalue weighted by Gasteiger charge is -2.09. The van der Waals surface area contributed by atoms with Gasteiger partial charge in [-0.05, 0) is 42.3 Å². The highest BCUT2D eigenvalue weighted by molar-refractivity contribution is 5.91. The van der Waals surface area contributed by atoms with Gasteiger partial charge in [-0.15, -0.1) is 0 Å². The van der Waals surface area contributed by atoms with E-state index in [1.54, 1.807) is 19.5 Å². The van der Waals surface area contributed by atoms with Crippen molar-refractivity contribution in [1.82, 2.24) is 9.97 Å². The number of hydrogen-bond acceptors (Lipinski definition) is 3. The Morgan fingerprint density at radius 1 is 1.17 bits per heavy atom. The van der Waals surface area contributed by atoms with E-state index < -0.39 is 0 Å². The number of anilines is 1. The van der Waals surface area contributed by atoms with Crippen LogP contribution >= 0.6 is 0 Å². The molecule has 0 saturated heterocycles. The lowest BCUT2D eigenvalue weighted by atomic mass is 10.1. The van der Waals surface area contributed by atoms with E-state index in [2.05, 4.69) is 15.3 Å². The van der Waals surface area contributed by atoms with Crippen molar-refractivity contribution in [2.45, 2.75) is 12.8 Å². The van der Waals surface area contributed by atoms with Gasteiger partial charge < -0.3 is 15.0 Å². The molecule has 0 aliphatic carbocycles. The van der Waals surface area contributed by atoms with E-state index in [1.807, 2.05) is 48.5 Å². The number of rotatable bonds is 6. The van der Waals surface area contributed by atoms with Crippen LogP contribution in [0.15, 0.2) is 60.9 Å². The molecule has 0 spiro atoms. The number of amides is 1. The Kier molecular flexibility index (Phi) is 4.91. The Hall–Kier alpha value is -3.08. The molecule has 2 aromatic carbocycles. The third-order valence-corrected chi connectivity index (χ3v) is 3.75. The fourth-order valence-corrected chi connectivity index (χ4v) is 2.52. The Morgan fingerprint density at radius 3 is 2.67 bits per heavy atom. The topological polar surface area (TPSA) is 67.0 Å². The number of imidazole rings is 1. The number of nitrogens with zero attached hydrogens (tertiary/aromatic N) is 1. The molecule has 3 aromatic rings. The summed E-state index contributed by atoms with van der Waals surface area (Å²) >= 11 is 0. The molecule has 24 heavy (non-hydrogen) atoms. The molecule has 0 atom stereocenters. The number of carbonyl (C=O) groups is 1. The van der Waals surface area contributed by atoms with Crippen molar-refractivity contribution in [3.63, 3.8) is 0 Å². The second-order valence-corrected chi connectivity index (χ2v) is 5.38. The van der Waals surface area contributed by atoms with Gasteiger partial charge in [0.1, 0.15) is 11.6 Å². The summed E-state index contributed by atoms with van der Waals surface area (Å²) in [6.07, 6.45) is 4.53. The molecule has 1 heterocycles. The van der Waals surface area contributed by atoms with E-state index in [4.69, 9.17) is 4.74 Å². The highest BCUT2D eigenvalue weighted by Gasteiger charge is 2.07. The molecule has 5 heteroatoms. The number of ether oxygens (including phenoxy) is 1. The number of nitrogens with one attached hydrogen (secondary N) is 2. The van der Waals surface area contributed by atoms with E-state index in [1.165, 1.54) is 0 Å². The zero-order chi connectivity index (χ0) is 16.8. The minimum Gasteiger partial charge on any atom is -0.496 e. The van der Waals surface area contributed by atoms with Crippen LogP contribution in [0.1, 0.15) is 12.0 Å². The predicted octanol–water partition coefficient (Wildman–Crippen LogP) is 3.66. The van der Waals surface area contributed by atoms with Gasteiger partial charge in [-0.1, -0.05) is 18.2 Å². The third kappa shape index (κ3) is 3.81. The highest BCUT2D eigenvalue weighted by Crippen LogP contribution is 2.20. The van der Waals surface area contributed by atoms with Crippen LogP contribution in [0.3, 0.4) is 0 Å². The average molecular weight is 321 g/mol. The number of aromatic amines is 1. The molecule has 0 radical (unpaired) electrons. The number of H-pyrrole nitrogens is 1. The molecule has 122 valence electrons. The molecule has 0 unspecified atom stereocenters. The van der Waals surface area contributed by atoms with Gasteiger partial charge in [0.25, 0.3) is 0 Å². The summed E-state index contributed by atoms with van der Waals surface area (Å²) in [5.74, 6) is 1.60. The maximum atomic E-state index is 12.1. The molecule has 0 saturated carbocycles. The van der Waals surface area contributed by atoms with Gasteiger partial charge in [0.15, 0.2) is 0 Å². The summed E-state index contributed by atoms with van der Waals surface area (Å²) in [6, 6.07) is 15.3. The first-order valence-electron chi connectivity index (χ1n) is 7.78. The maximum Gasteiger partial charge on any atom is 0.224 e. The van der Waals surface area contributed by atoms with Crippen LogP contribution in [0.2, 0.25) is 0 Å². The molecular formula is C19H19N3O2. The second kappa shape index (κ2) is 7.46. The van der Waals surface area contributed by atoms with Crippen molar-refractivity contribution in [3.8, 4) is 17.1 Å². The maximum absolute atomic E-state index is 12.1. The Bertz CT molecular complexity index is 796. The number of aromatic nitrogens is 2. The zero-order valence-corrected chi connectivity index (χ0v) is 13.5. The molecule has 0 aliphatic rings. The molecule has 1 aromatic heterocycles. The summed E-state index contributed by atoms with van der Waals surface area (Å²) in [5, 5.41) is 2.91. The van der Waals surface area contributed by atoms with E-state index in [0.29, 0.717) is 12.8 Å². The van der Waals surface area contributed by atoms with E-state index in [9.17, 15) is 4.79 Å². The molecule has 0 fully saturated rings. The standard InChI is InChI=1S/C19H19N3O2/c1-24-17-5-3-2-4-14(17)8-11-18(23)22-16-9-6-15(7-10-16)19-20-12-13-21-19/h2-7,9-10,12-13H,8,11H2,1H3,(H,20,21)(H,22,23). The predicted molar refractivity (Wildman–Crippen MR) is 94.0 cm³/mol. The summed E-state index contributed by atoms with van der Waals surface area (Å²) in [4.78, 5) is 19.4. The summed E-state index contributed by atoms with van der Waals surface area (Å²) in [5.41, 5.74) is 2.78. The van der Waals surface area contributed by atoms with Crippen molar-refractivity contribution in [2.75, 3.05) is 12.4 Å². The van der Waals surface area contributed by atoms with E-state index in [0.717, 1.165) is 28.4 Å². The number of carbonyl (C=O) groups excluding carboxylic acids is 1. The first kappa shape index (κ1) is 15.8. The first-order chi connectivity index (χ1) is 11.8. The van der Waals surface area contributed by atoms with Crippen molar-refractivity contribution in [2.24, 2.45) is 0 Å². The van der Waals surface area contributed by atoms with Crippen molar-refractivity contribution >= 4 is 11.6 Å². The van der Waals surface area contributed by atoms with Gasteiger partial charge in [-0.2, -0.15) is 0 Å². The summed E-state index contributed by atoms with van der Waals surface area (Å²) in [6.45, 7) is 0. The van der Waals surface area contributed by atoms with Gasteiger partial charge in [-0.3, -0.25) is 4.79 Å². The molecule has 1 amide bonds. The monoisotopic (exact) mass is 321 g/mol. The third-order valence-electron chi connectivity index (χ3n) is 3.75. The normalized spacial score (nSPS) is 10.4. The highest BCUT2D eigenvalue weighted by atomic mass is 16.5. The van der Waals surface area contributed by atoms with E-state index in [-0.39, 0.29) is 5.91 Å². The van der Waals surface area contributed by atoms with Gasteiger partial charge in [0, 0.05) is 30.1 Å². The van der Waals surface area contributed by atoms with Crippen LogP contribution in [0.4, 0.5) is 5.69 Å².